The second kappa shape index (κ2) is 6.54. The minimum atomic E-state index is -0.722. The quantitative estimate of drug-likeness (QED) is 0.941. The smallest absolute Gasteiger partial charge is 0.320 e. The first kappa shape index (κ1) is 15.7. The molecule has 1 aliphatic heterocycles. The first-order chi connectivity index (χ1) is 11.1. The number of fused-ring (bicyclic) bond motifs is 1. The summed E-state index contributed by atoms with van der Waals surface area (Å²) in [6.07, 6.45) is 2.32. The Hall–Kier alpha value is -2.14. The summed E-state index contributed by atoms with van der Waals surface area (Å²) in [4.78, 5) is 13.5. The molecule has 1 aromatic carbocycles. The van der Waals surface area contributed by atoms with Crippen molar-refractivity contribution in [2.45, 2.75) is 32.2 Å². The Morgan fingerprint density at radius 3 is 2.61 bits per heavy atom. The van der Waals surface area contributed by atoms with Gasteiger partial charge in [0, 0.05) is 43.4 Å². The summed E-state index contributed by atoms with van der Waals surface area (Å²) in [5, 5.41) is 14.1. The van der Waals surface area contributed by atoms with Crippen molar-refractivity contribution >= 4 is 5.97 Å². The largest absolute Gasteiger partial charge is 0.480 e. The molecule has 0 fully saturated rings. The van der Waals surface area contributed by atoms with Crippen LogP contribution in [0.25, 0.3) is 11.3 Å². The minimum absolute atomic E-state index is 0.391. The van der Waals surface area contributed by atoms with Crippen LogP contribution in [-0.4, -0.2) is 44.9 Å². The van der Waals surface area contributed by atoms with Gasteiger partial charge in [-0.3, -0.25) is 14.4 Å². The molecule has 23 heavy (non-hydrogen) atoms. The zero-order chi connectivity index (χ0) is 16.4. The molecule has 0 saturated carbocycles. The number of hydrogen-bond donors (Lipinski definition) is 1. The SMILES string of the molecule is CCC(C(=O)O)N1CCc2c(-c3ccccc3)nn(C)c2CC1. The van der Waals surface area contributed by atoms with E-state index < -0.39 is 12.0 Å². The van der Waals surface area contributed by atoms with Crippen molar-refractivity contribution in [3.05, 3.63) is 41.6 Å². The van der Waals surface area contributed by atoms with Crippen molar-refractivity contribution in [3.8, 4) is 11.3 Å². The number of hydrogen-bond acceptors (Lipinski definition) is 3. The molecule has 1 unspecified atom stereocenters. The maximum Gasteiger partial charge on any atom is 0.320 e. The molecule has 0 bridgehead atoms. The number of rotatable bonds is 4. The van der Waals surface area contributed by atoms with E-state index >= 15 is 0 Å². The topological polar surface area (TPSA) is 58.4 Å². The van der Waals surface area contributed by atoms with E-state index in [4.69, 9.17) is 5.10 Å². The monoisotopic (exact) mass is 313 g/mol. The van der Waals surface area contributed by atoms with Crippen molar-refractivity contribution in [2.75, 3.05) is 13.1 Å². The van der Waals surface area contributed by atoms with Crippen LogP contribution in [0.2, 0.25) is 0 Å². The van der Waals surface area contributed by atoms with E-state index in [1.807, 2.05) is 36.9 Å². The molecule has 1 aromatic heterocycles. The average Bonchev–Trinajstić information content (AvgIpc) is 2.72. The Morgan fingerprint density at radius 1 is 1.26 bits per heavy atom. The molecule has 1 aliphatic rings. The van der Waals surface area contributed by atoms with Crippen LogP contribution in [0.4, 0.5) is 0 Å². The van der Waals surface area contributed by atoms with Gasteiger partial charge in [-0.1, -0.05) is 37.3 Å². The van der Waals surface area contributed by atoms with Gasteiger partial charge in [0.2, 0.25) is 0 Å². The Balaban J connectivity index is 1.90. The van der Waals surface area contributed by atoms with Gasteiger partial charge in [-0.15, -0.1) is 0 Å². The summed E-state index contributed by atoms with van der Waals surface area (Å²) >= 11 is 0. The van der Waals surface area contributed by atoms with E-state index in [9.17, 15) is 9.90 Å². The second-order valence-corrected chi connectivity index (χ2v) is 6.06. The lowest BCUT2D eigenvalue weighted by Crippen LogP contribution is -2.42. The number of aryl methyl sites for hydroxylation is 1. The number of aliphatic carboxylic acids is 1. The van der Waals surface area contributed by atoms with Gasteiger partial charge in [-0.25, -0.2) is 0 Å². The highest BCUT2D eigenvalue weighted by atomic mass is 16.4. The molecule has 0 aliphatic carbocycles. The Labute approximate surface area is 136 Å². The predicted molar refractivity (Wildman–Crippen MR) is 89.3 cm³/mol. The van der Waals surface area contributed by atoms with Crippen LogP contribution < -0.4 is 0 Å². The molecule has 1 N–H and O–H groups in total. The molecule has 0 radical (unpaired) electrons. The molecule has 5 nitrogen and oxygen atoms in total. The number of carboxylic acid groups (broad SMARTS) is 1. The molecule has 0 amide bonds. The van der Waals surface area contributed by atoms with Crippen LogP contribution in [-0.2, 0) is 24.7 Å². The number of aromatic nitrogens is 2. The fraction of sp³-hybridized carbons (Fsp3) is 0.444. The molecule has 0 spiro atoms. The van der Waals surface area contributed by atoms with Crippen molar-refractivity contribution < 1.29 is 9.90 Å². The number of carboxylic acids is 1. The molecule has 1 atom stereocenters. The third-order valence-electron chi connectivity index (χ3n) is 4.72. The van der Waals surface area contributed by atoms with Crippen LogP contribution in [0.1, 0.15) is 24.6 Å². The maximum absolute atomic E-state index is 11.4. The van der Waals surface area contributed by atoms with E-state index in [1.54, 1.807) is 0 Å². The van der Waals surface area contributed by atoms with Crippen molar-refractivity contribution in [3.63, 3.8) is 0 Å². The van der Waals surface area contributed by atoms with E-state index in [0.29, 0.717) is 6.42 Å². The van der Waals surface area contributed by atoms with Crippen molar-refractivity contribution in [1.82, 2.24) is 14.7 Å². The highest BCUT2D eigenvalue weighted by Crippen LogP contribution is 2.28. The third kappa shape index (κ3) is 3.01. The van der Waals surface area contributed by atoms with Crippen molar-refractivity contribution in [1.29, 1.82) is 0 Å². The van der Waals surface area contributed by atoms with E-state index in [0.717, 1.165) is 37.2 Å². The third-order valence-corrected chi connectivity index (χ3v) is 4.72. The first-order valence-electron chi connectivity index (χ1n) is 8.18. The minimum Gasteiger partial charge on any atom is -0.480 e. The zero-order valence-electron chi connectivity index (χ0n) is 13.7. The molecule has 3 rings (SSSR count). The van der Waals surface area contributed by atoms with Crippen LogP contribution in [0.3, 0.4) is 0 Å². The molecule has 2 heterocycles. The zero-order valence-corrected chi connectivity index (χ0v) is 13.7. The van der Waals surface area contributed by atoms with Crippen LogP contribution in [0, 0.1) is 0 Å². The lowest BCUT2D eigenvalue weighted by Gasteiger charge is -2.26. The van der Waals surface area contributed by atoms with Crippen LogP contribution in [0.5, 0.6) is 0 Å². The van der Waals surface area contributed by atoms with Crippen LogP contribution in [0.15, 0.2) is 30.3 Å². The van der Waals surface area contributed by atoms with Gasteiger partial charge in [0.1, 0.15) is 6.04 Å². The van der Waals surface area contributed by atoms with Gasteiger partial charge < -0.3 is 5.11 Å². The Morgan fingerprint density at radius 2 is 1.96 bits per heavy atom. The van der Waals surface area contributed by atoms with E-state index in [-0.39, 0.29) is 0 Å². The van der Waals surface area contributed by atoms with E-state index in [2.05, 4.69) is 17.0 Å². The Kier molecular flexibility index (Phi) is 4.48. The summed E-state index contributed by atoms with van der Waals surface area (Å²) in [6.45, 7) is 3.47. The summed E-state index contributed by atoms with van der Waals surface area (Å²) in [5.41, 5.74) is 4.66. The van der Waals surface area contributed by atoms with Crippen molar-refractivity contribution in [2.24, 2.45) is 7.05 Å². The predicted octanol–water partition coefficient (Wildman–Crippen LogP) is 2.35. The van der Waals surface area contributed by atoms with Gasteiger partial charge in [0.05, 0.1) is 5.69 Å². The van der Waals surface area contributed by atoms with Gasteiger partial charge in [0.25, 0.3) is 0 Å². The number of nitrogens with zero attached hydrogens (tertiary/aromatic N) is 3. The molecular weight excluding hydrogens is 290 g/mol. The average molecular weight is 313 g/mol. The fourth-order valence-electron chi connectivity index (χ4n) is 3.52. The van der Waals surface area contributed by atoms with Gasteiger partial charge >= 0.3 is 5.97 Å². The van der Waals surface area contributed by atoms with Gasteiger partial charge in [0.15, 0.2) is 0 Å². The van der Waals surface area contributed by atoms with Crippen LogP contribution >= 0.6 is 0 Å². The lowest BCUT2D eigenvalue weighted by molar-refractivity contribution is -0.143. The fourth-order valence-corrected chi connectivity index (χ4v) is 3.52. The summed E-state index contributed by atoms with van der Waals surface area (Å²) < 4.78 is 1.96. The second-order valence-electron chi connectivity index (χ2n) is 6.06. The number of benzene rings is 1. The first-order valence-corrected chi connectivity index (χ1v) is 8.18. The maximum atomic E-state index is 11.4. The highest BCUT2D eigenvalue weighted by molar-refractivity contribution is 5.73. The molecule has 0 saturated heterocycles. The van der Waals surface area contributed by atoms with E-state index in [1.165, 1.54) is 11.3 Å². The summed E-state index contributed by atoms with van der Waals surface area (Å²) in [6, 6.07) is 9.83. The summed E-state index contributed by atoms with van der Waals surface area (Å²) in [7, 11) is 1.98. The van der Waals surface area contributed by atoms with Gasteiger partial charge in [-0.2, -0.15) is 5.10 Å². The molecule has 122 valence electrons. The molecule has 2 aromatic rings. The normalized spacial score (nSPS) is 16.6. The standard InChI is InChI=1S/C18H23N3O2/c1-3-15(18(22)23)21-11-9-14-16(10-12-21)20(2)19-17(14)13-7-5-4-6-8-13/h4-8,15H,3,9-12H2,1-2H3,(H,22,23). The molecule has 5 heteroatoms. The summed E-state index contributed by atoms with van der Waals surface area (Å²) in [5.74, 6) is -0.722. The lowest BCUT2D eigenvalue weighted by atomic mass is 10.0. The highest BCUT2D eigenvalue weighted by Gasteiger charge is 2.28. The van der Waals surface area contributed by atoms with Gasteiger partial charge in [-0.05, 0) is 12.8 Å². The Bertz CT molecular complexity index is 694. The number of carbonyl (C=O) groups is 1. The molecular formula is C18H23N3O2.